The number of morpholine rings is 1. The molecule has 1 saturated heterocycles. The Bertz CT molecular complexity index is 423. The van der Waals surface area contributed by atoms with E-state index in [9.17, 15) is 8.78 Å². The molecule has 0 bridgehead atoms. The summed E-state index contributed by atoms with van der Waals surface area (Å²) in [6.45, 7) is 5.08. The van der Waals surface area contributed by atoms with E-state index in [1.807, 2.05) is 0 Å². The molecule has 4 nitrogen and oxygen atoms in total. The van der Waals surface area contributed by atoms with Crippen LogP contribution < -0.4 is 11.1 Å². The molecule has 0 amide bonds. The van der Waals surface area contributed by atoms with Gasteiger partial charge in [0.25, 0.3) is 6.43 Å². The van der Waals surface area contributed by atoms with Crippen LogP contribution >= 0.6 is 0 Å². The lowest BCUT2D eigenvalue weighted by atomic mass is 10.1. The number of nitrogens with one attached hydrogen (secondary N) is 1. The number of benzene rings is 1. The molecule has 0 radical (unpaired) electrons. The van der Waals surface area contributed by atoms with Crippen molar-refractivity contribution in [2.75, 3.05) is 50.4 Å². The molecule has 2 rings (SSSR count). The first-order valence-electron chi connectivity index (χ1n) is 6.88. The van der Waals surface area contributed by atoms with E-state index in [1.54, 1.807) is 12.1 Å². The molecular weight excluding hydrogens is 264 g/mol. The molecule has 1 aromatic rings. The summed E-state index contributed by atoms with van der Waals surface area (Å²) in [6.07, 6.45) is -1.60. The van der Waals surface area contributed by atoms with Gasteiger partial charge in [0.05, 0.1) is 13.2 Å². The van der Waals surface area contributed by atoms with Crippen molar-refractivity contribution >= 4 is 11.4 Å². The third-order valence-electron chi connectivity index (χ3n) is 3.38. The van der Waals surface area contributed by atoms with Gasteiger partial charge in [-0.05, 0) is 31.2 Å². The van der Waals surface area contributed by atoms with E-state index in [1.165, 1.54) is 6.07 Å². The number of rotatable bonds is 6. The summed E-state index contributed by atoms with van der Waals surface area (Å²) in [5.41, 5.74) is 6.34. The third-order valence-corrected chi connectivity index (χ3v) is 3.38. The van der Waals surface area contributed by atoms with Crippen LogP contribution in [0.5, 0.6) is 0 Å². The molecule has 1 heterocycles. The summed E-state index contributed by atoms with van der Waals surface area (Å²) in [4.78, 5) is 2.32. The van der Waals surface area contributed by atoms with Crippen molar-refractivity contribution < 1.29 is 13.5 Å². The van der Waals surface area contributed by atoms with E-state index < -0.39 is 6.43 Å². The number of nitrogens with two attached hydrogens (primary N) is 1. The number of ether oxygens (including phenoxy) is 1. The van der Waals surface area contributed by atoms with E-state index in [-0.39, 0.29) is 5.56 Å². The lowest BCUT2D eigenvalue weighted by Gasteiger charge is -2.26. The number of nitrogen functional groups attached to an aromatic ring is 1. The van der Waals surface area contributed by atoms with Crippen LogP contribution in [0.25, 0.3) is 0 Å². The van der Waals surface area contributed by atoms with Gasteiger partial charge in [0.1, 0.15) is 0 Å². The maximum absolute atomic E-state index is 12.9. The van der Waals surface area contributed by atoms with E-state index in [0.717, 1.165) is 39.3 Å². The molecule has 0 atom stereocenters. The zero-order valence-corrected chi connectivity index (χ0v) is 11.4. The van der Waals surface area contributed by atoms with Crippen LogP contribution in [0.2, 0.25) is 0 Å². The molecule has 0 saturated carbocycles. The summed E-state index contributed by atoms with van der Waals surface area (Å²) < 4.78 is 31.1. The van der Waals surface area contributed by atoms with Gasteiger partial charge >= 0.3 is 0 Å². The van der Waals surface area contributed by atoms with Crippen LogP contribution in [0.3, 0.4) is 0 Å². The van der Waals surface area contributed by atoms with Gasteiger partial charge in [-0.3, -0.25) is 4.90 Å². The lowest BCUT2D eigenvalue weighted by molar-refractivity contribution is 0.0378. The average molecular weight is 285 g/mol. The first kappa shape index (κ1) is 15.0. The number of alkyl halides is 2. The molecule has 20 heavy (non-hydrogen) atoms. The van der Waals surface area contributed by atoms with Crippen molar-refractivity contribution in [1.82, 2.24) is 4.90 Å². The standard InChI is InChI=1S/C14H21F2N3O/c15-14(16)12-10-11(17)2-3-13(12)18-4-1-5-19-6-8-20-9-7-19/h2-3,10,14,18H,1,4-9,17H2. The Hall–Kier alpha value is -1.40. The summed E-state index contributed by atoms with van der Waals surface area (Å²) in [5.74, 6) is 0. The minimum Gasteiger partial charge on any atom is -0.399 e. The van der Waals surface area contributed by atoms with Crippen LogP contribution in [-0.4, -0.2) is 44.3 Å². The van der Waals surface area contributed by atoms with Crippen LogP contribution in [0.1, 0.15) is 18.4 Å². The first-order valence-corrected chi connectivity index (χ1v) is 6.88. The summed E-state index contributed by atoms with van der Waals surface area (Å²) >= 11 is 0. The molecule has 0 spiro atoms. The first-order chi connectivity index (χ1) is 9.66. The molecular formula is C14H21F2N3O. The van der Waals surface area contributed by atoms with Gasteiger partial charge in [0, 0.05) is 36.6 Å². The molecule has 0 aliphatic carbocycles. The smallest absolute Gasteiger partial charge is 0.265 e. The van der Waals surface area contributed by atoms with Gasteiger partial charge in [-0.15, -0.1) is 0 Å². The van der Waals surface area contributed by atoms with Gasteiger partial charge < -0.3 is 15.8 Å². The number of halogens is 2. The van der Waals surface area contributed by atoms with Gasteiger partial charge in [-0.2, -0.15) is 0 Å². The number of anilines is 2. The number of hydrogen-bond acceptors (Lipinski definition) is 4. The zero-order valence-electron chi connectivity index (χ0n) is 11.4. The normalized spacial score (nSPS) is 16.6. The van der Waals surface area contributed by atoms with E-state index in [4.69, 9.17) is 10.5 Å². The average Bonchev–Trinajstić information content (AvgIpc) is 2.45. The molecule has 1 aliphatic rings. The minimum atomic E-state index is -2.51. The van der Waals surface area contributed by atoms with E-state index in [0.29, 0.717) is 17.9 Å². The van der Waals surface area contributed by atoms with Crippen molar-refractivity contribution in [3.05, 3.63) is 23.8 Å². The Labute approximate surface area is 117 Å². The fourth-order valence-corrected chi connectivity index (χ4v) is 2.27. The highest BCUT2D eigenvalue weighted by atomic mass is 19.3. The van der Waals surface area contributed by atoms with Crippen LogP contribution in [0.4, 0.5) is 20.2 Å². The van der Waals surface area contributed by atoms with Crippen molar-refractivity contribution in [3.63, 3.8) is 0 Å². The fraction of sp³-hybridized carbons (Fsp3) is 0.571. The van der Waals surface area contributed by atoms with E-state index >= 15 is 0 Å². The van der Waals surface area contributed by atoms with Crippen LogP contribution in [0.15, 0.2) is 18.2 Å². The summed E-state index contributed by atoms with van der Waals surface area (Å²) in [6, 6.07) is 4.58. The van der Waals surface area contributed by atoms with Crippen molar-refractivity contribution in [1.29, 1.82) is 0 Å². The third kappa shape index (κ3) is 4.31. The molecule has 0 aromatic heterocycles. The molecule has 3 N–H and O–H groups in total. The predicted octanol–water partition coefficient (Wildman–Crippen LogP) is 2.34. The minimum absolute atomic E-state index is 0.0311. The number of hydrogen-bond donors (Lipinski definition) is 2. The maximum atomic E-state index is 12.9. The van der Waals surface area contributed by atoms with Crippen LogP contribution in [0, 0.1) is 0 Å². The Morgan fingerprint density at radius 2 is 2.05 bits per heavy atom. The topological polar surface area (TPSA) is 50.5 Å². The van der Waals surface area contributed by atoms with Crippen molar-refractivity contribution in [2.24, 2.45) is 0 Å². The molecule has 1 aliphatic heterocycles. The molecule has 0 unspecified atom stereocenters. The van der Waals surface area contributed by atoms with Gasteiger partial charge in [0.2, 0.25) is 0 Å². The van der Waals surface area contributed by atoms with Gasteiger partial charge in [-0.25, -0.2) is 8.78 Å². The second-order valence-electron chi connectivity index (χ2n) is 4.88. The second-order valence-corrected chi connectivity index (χ2v) is 4.88. The van der Waals surface area contributed by atoms with Crippen molar-refractivity contribution in [3.8, 4) is 0 Å². The Balaban J connectivity index is 1.78. The second kappa shape index (κ2) is 7.40. The number of nitrogens with zero attached hydrogens (tertiary/aromatic N) is 1. The van der Waals surface area contributed by atoms with Crippen LogP contribution in [-0.2, 0) is 4.74 Å². The van der Waals surface area contributed by atoms with Crippen molar-refractivity contribution in [2.45, 2.75) is 12.8 Å². The maximum Gasteiger partial charge on any atom is 0.265 e. The Morgan fingerprint density at radius 1 is 1.30 bits per heavy atom. The Kier molecular flexibility index (Phi) is 5.55. The summed E-state index contributed by atoms with van der Waals surface area (Å²) in [5, 5.41) is 3.07. The molecule has 1 fully saturated rings. The quantitative estimate of drug-likeness (QED) is 0.622. The monoisotopic (exact) mass is 285 g/mol. The highest BCUT2D eigenvalue weighted by molar-refractivity contribution is 5.58. The van der Waals surface area contributed by atoms with E-state index in [2.05, 4.69) is 10.2 Å². The molecule has 1 aromatic carbocycles. The Morgan fingerprint density at radius 3 is 2.75 bits per heavy atom. The SMILES string of the molecule is Nc1ccc(NCCCN2CCOCC2)c(C(F)F)c1. The summed E-state index contributed by atoms with van der Waals surface area (Å²) in [7, 11) is 0. The fourth-order valence-electron chi connectivity index (χ4n) is 2.27. The largest absolute Gasteiger partial charge is 0.399 e. The lowest BCUT2D eigenvalue weighted by Crippen LogP contribution is -2.37. The van der Waals surface area contributed by atoms with Gasteiger partial charge in [-0.1, -0.05) is 0 Å². The predicted molar refractivity (Wildman–Crippen MR) is 76.2 cm³/mol. The highest BCUT2D eigenvalue weighted by Gasteiger charge is 2.13. The molecule has 6 heteroatoms. The van der Waals surface area contributed by atoms with Gasteiger partial charge in [0.15, 0.2) is 0 Å². The molecule has 112 valence electrons. The zero-order chi connectivity index (χ0) is 14.4. The highest BCUT2D eigenvalue weighted by Crippen LogP contribution is 2.28.